The van der Waals surface area contributed by atoms with Crippen LogP contribution in [0, 0.1) is 6.92 Å². The fraction of sp³-hybridized carbons (Fsp3) is 0.273. The van der Waals surface area contributed by atoms with E-state index in [-0.39, 0.29) is 0 Å². The molecule has 2 heterocycles. The highest BCUT2D eigenvalue weighted by Gasteiger charge is 2.00. The molecule has 5 nitrogen and oxygen atoms in total. The zero-order valence-corrected chi connectivity index (χ0v) is 10.4. The highest BCUT2D eigenvalue weighted by Crippen LogP contribution is 2.14. The van der Waals surface area contributed by atoms with Crippen LogP contribution in [0.25, 0.3) is 0 Å². The highest BCUT2D eigenvalue weighted by molar-refractivity contribution is 7.09. The molecule has 0 radical (unpaired) electrons. The van der Waals surface area contributed by atoms with Gasteiger partial charge in [0.2, 0.25) is 0 Å². The molecule has 0 bridgehead atoms. The average molecular weight is 249 g/mol. The number of nitrogens with one attached hydrogen (secondary N) is 1. The molecule has 0 fully saturated rings. The van der Waals surface area contributed by atoms with Crippen molar-refractivity contribution >= 4 is 28.7 Å². The minimum absolute atomic E-state index is 0.361. The summed E-state index contributed by atoms with van der Waals surface area (Å²) >= 11 is 1.66. The van der Waals surface area contributed by atoms with Gasteiger partial charge in [0.05, 0.1) is 16.4 Å². The zero-order chi connectivity index (χ0) is 12.3. The van der Waals surface area contributed by atoms with Crippen molar-refractivity contribution in [2.45, 2.75) is 13.3 Å². The Balaban J connectivity index is 1.87. The fourth-order valence-electron chi connectivity index (χ4n) is 1.43. The monoisotopic (exact) mass is 249 g/mol. The molecule has 0 unspecified atom stereocenters. The number of thiazole rings is 1. The second-order valence-corrected chi connectivity index (χ2v) is 4.77. The minimum atomic E-state index is 0.361. The molecule has 0 saturated carbocycles. The maximum atomic E-state index is 5.62. The molecule has 0 aromatic carbocycles. The number of nitrogen functional groups attached to an aromatic ring is 2. The quantitative estimate of drug-likeness (QED) is 0.766. The summed E-state index contributed by atoms with van der Waals surface area (Å²) in [6, 6.07) is 3.57. The van der Waals surface area contributed by atoms with Gasteiger partial charge in [-0.3, -0.25) is 0 Å². The molecule has 0 saturated heterocycles. The number of pyridine rings is 1. The van der Waals surface area contributed by atoms with E-state index in [1.54, 1.807) is 17.4 Å². The van der Waals surface area contributed by atoms with Gasteiger partial charge < -0.3 is 16.8 Å². The molecule has 2 aromatic heterocycles. The Morgan fingerprint density at radius 1 is 1.29 bits per heavy atom. The molecule has 0 aliphatic carbocycles. The lowest BCUT2D eigenvalue weighted by Crippen LogP contribution is -2.08. The van der Waals surface area contributed by atoms with Crippen LogP contribution in [0.5, 0.6) is 0 Å². The van der Waals surface area contributed by atoms with Crippen LogP contribution >= 0.6 is 11.3 Å². The standard InChI is InChI=1S/C11H15N5S/c1-7-15-8(6-17-7)4-5-14-10-3-2-9(12)11(13)16-10/h2-3,6H,4-5,12H2,1H3,(H3,13,14,16). The van der Waals surface area contributed by atoms with Crippen LogP contribution in [0.3, 0.4) is 0 Å². The third-order valence-electron chi connectivity index (χ3n) is 2.31. The largest absolute Gasteiger partial charge is 0.396 e. The van der Waals surface area contributed by atoms with Gasteiger partial charge >= 0.3 is 0 Å². The molecule has 0 atom stereocenters. The third-order valence-corrected chi connectivity index (χ3v) is 3.13. The molecule has 0 aliphatic rings. The Hall–Kier alpha value is -1.82. The van der Waals surface area contributed by atoms with Gasteiger partial charge in [0.25, 0.3) is 0 Å². The van der Waals surface area contributed by atoms with Gasteiger partial charge in [-0.15, -0.1) is 11.3 Å². The number of rotatable bonds is 4. The van der Waals surface area contributed by atoms with E-state index in [2.05, 4.69) is 20.7 Å². The molecule has 2 aromatic rings. The summed E-state index contributed by atoms with van der Waals surface area (Å²) in [5.41, 5.74) is 12.8. The first-order valence-electron chi connectivity index (χ1n) is 5.32. The Bertz CT molecular complexity index is 508. The van der Waals surface area contributed by atoms with E-state index >= 15 is 0 Å². The van der Waals surface area contributed by atoms with Crippen molar-refractivity contribution in [2.75, 3.05) is 23.3 Å². The molecular weight excluding hydrogens is 234 g/mol. The topological polar surface area (TPSA) is 89.8 Å². The third kappa shape index (κ3) is 3.07. The van der Waals surface area contributed by atoms with Crippen molar-refractivity contribution in [1.82, 2.24) is 9.97 Å². The maximum absolute atomic E-state index is 5.62. The normalized spacial score (nSPS) is 10.4. The van der Waals surface area contributed by atoms with Crippen molar-refractivity contribution in [3.05, 3.63) is 28.2 Å². The van der Waals surface area contributed by atoms with E-state index in [1.165, 1.54) is 0 Å². The number of nitrogens with zero attached hydrogens (tertiary/aromatic N) is 2. The number of aromatic nitrogens is 2. The van der Waals surface area contributed by atoms with Gasteiger partial charge in [0.1, 0.15) is 11.6 Å². The summed E-state index contributed by atoms with van der Waals surface area (Å²) in [6.07, 6.45) is 0.871. The fourth-order valence-corrected chi connectivity index (χ4v) is 2.07. The maximum Gasteiger partial charge on any atom is 0.149 e. The van der Waals surface area contributed by atoms with Gasteiger partial charge in [-0.1, -0.05) is 0 Å². The van der Waals surface area contributed by atoms with Crippen LogP contribution in [0.1, 0.15) is 10.7 Å². The average Bonchev–Trinajstić information content (AvgIpc) is 2.70. The number of aryl methyl sites for hydroxylation is 1. The van der Waals surface area contributed by atoms with Gasteiger partial charge in [0, 0.05) is 18.3 Å². The van der Waals surface area contributed by atoms with Crippen molar-refractivity contribution in [3.8, 4) is 0 Å². The van der Waals surface area contributed by atoms with Crippen molar-refractivity contribution in [3.63, 3.8) is 0 Å². The first kappa shape index (κ1) is 11.7. The van der Waals surface area contributed by atoms with E-state index in [0.29, 0.717) is 11.5 Å². The lowest BCUT2D eigenvalue weighted by atomic mass is 10.3. The van der Waals surface area contributed by atoms with Crippen LogP contribution in [0.15, 0.2) is 17.5 Å². The lowest BCUT2D eigenvalue weighted by molar-refractivity contribution is 0.961. The molecule has 5 N–H and O–H groups in total. The van der Waals surface area contributed by atoms with E-state index in [0.717, 1.165) is 29.5 Å². The molecule has 0 amide bonds. The van der Waals surface area contributed by atoms with Crippen LogP contribution in [-0.4, -0.2) is 16.5 Å². The predicted octanol–water partition coefficient (Wildman–Crippen LogP) is 1.67. The van der Waals surface area contributed by atoms with E-state index in [9.17, 15) is 0 Å². The lowest BCUT2D eigenvalue weighted by Gasteiger charge is -2.06. The van der Waals surface area contributed by atoms with Gasteiger partial charge in [-0.25, -0.2) is 9.97 Å². The van der Waals surface area contributed by atoms with E-state index < -0.39 is 0 Å². The Kier molecular flexibility index (Phi) is 3.43. The molecule has 17 heavy (non-hydrogen) atoms. The van der Waals surface area contributed by atoms with E-state index in [1.807, 2.05) is 13.0 Å². The predicted molar refractivity (Wildman–Crippen MR) is 72.1 cm³/mol. The van der Waals surface area contributed by atoms with Crippen LogP contribution in [0.2, 0.25) is 0 Å². The van der Waals surface area contributed by atoms with Crippen molar-refractivity contribution in [2.24, 2.45) is 0 Å². The summed E-state index contributed by atoms with van der Waals surface area (Å²) in [6.45, 7) is 2.78. The van der Waals surface area contributed by atoms with Crippen LogP contribution < -0.4 is 16.8 Å². The van der Waals surface area contributed by atoms with E-state index in [4.69, 9.17) is 11.5 Å². The molecular formula is C11H15N5S. The van der Waals surface area contributed by atoms with Gasteiger partial charge in [-0.05, 0) is 19.1 Å². The molecule has 2 rings (SSSR count). The number of hydrogen-bond acceptors (Lipinski definition) is 6. The summed E-state index contributed by atoms with van der Waals surface area (Å²) in [5, 5.41) is 6.35. The second kappa shape index (κ2) is 5.01. The van der Waals surface area contributed by atoms with Crippen molar-refractivity contribution in [1.29, 1.82) is 0 Å². The summed E-state index contributed by atoms with van der Waals surface area (Å²) < 4.78 is 0. The number of nitrogens with two attached hydrogens (primary N) is 2. The first-order chi connectivity index (χ1) is 8.15. The van der Waals surface area contributed by atoms with Crippen molar-refractivity contribution < 1.29 is 0 Å². The number of anilines is 3. The summed E-state index contributed by atoms with van der Waals surface area (Å²) in [5.74, 6) is 1.10. The molecule has 0 spiro atoms. The molecule has 90 valence electrons. The minimum Gasteiger partial charge on any atom is -0.396 e. The Morgan fingerprint density at radius 3 is 2.76 bits per heavy atom. The smallest absolute Gasteiger partial charge is 0.149 e. The summed E-state index contributed by atoms with van der Waals surface area (Å²) in [4.78, 5) is 8.52. The molecule has 0 aliphatic heterocycles. The zero-order valence-electron chi connectivity index (χ0n) is 9.60. The second-order valence-electron chi connectivity index (χ2n) is 3.71. The Morgan fingerprint density at radius 2 is 2.12 bits per heavy atom. The SMILES string of the molecule is Cc1nc(CCNc2ccc(N)c(N)n2)cs1. The summed E-state index contributed by atoms with van der Waals surface area (Å²) in [7, 11) is 0. The van der Waals surface area contributed by atoms with Gasteiger partial charge in [-0.2, -0.15) is 0 Å². The molecule has 6 heteroatoms. The van der Waals surface area contributed by atoms with Crippen LogP contribution in [0.4, 0.5) is 17.3 Å². The Labute approximate surface area is 104 Å². The first-order valence-corrected chi connectivity index (χ1v) is 6.20. The highest BCUT2D eigenvalue weighted by atomic mass is 32.1. The van der Waals surface area contributed by atoms with Crippen LogP contribution in [-0.2, 0) is 6.42 Å². The number of hydrogen-bond donors (Lipinski definition) is 3. The van der Waals surface area contributed by atoms with Gasteiger partial charge in [0.15, 0.2) is 0 Å².